The molecule has 0 unspecified atom stereocenters. The maximum atomic E-state index is 12.2. The highest BCUT2D eigenvalue weighted by atomic mass is 32.1. The summed E-state index contributed by atoms with van der Waals surface area (Å²) in [5.74, 6) is -0.365. The van der Waals surface area contributed by atoms with E-state index in [9.17, 15) is 9.59 Å². The van der Waals surface area contributed by atoms with Crippen molar-refractivity contribution in [2.75, 3.05) is 6.61 Å². The fourth-order valence-electron chi connectivity index (χ4n) is 4.00. The highest BCUT2D eigenvalue weighted by molar-refractivity contribution is 7.10. The molecule has 3 rings (SSSR count). The van der Waals surface area contributed by atoms with E-state index < -0.39 is 5.60 Å². The van der Waals surface area contributed by atoms with Crippen LogP contribution in [0.5, 0.6) is 0 Å². The van der Waals surface area contributed by atoms with Crippen molar-refractivity contribution in [1.29, 1.82) is 0 Å². The Morgan fingerprint density at radius 2 is 1.96 bits per heavy atom. The third-order valence-corrected chi connectivity index (χ3v) is 6.14. The van der Waals surface area contributed by atoms with E-state index in [0.717, 1.165) is 37.1 Å². The molecule has 0 aromatic carbocycles. The molecule has 138 valence electrons. The summed E-state index contributed by atoms with van der Waals surface area (Å²) in [4.78, 5) is 28.6. The minimum absolute atomic E-state index is 0.0373. The van der Waals surface area contributed by atoms with Crippen molar-refractivity contribution in [3.8, 4) is 0 Å². The van der Waals surface area contributed by atoms with Crippen LogP contribution in [0.3, 0.4) is 0 Å². The van der Waals surface area contributed by atoms with Crippen LogP contribution in [0.25, 0.3) is 0 Å². The number of alkyl carbamates (subject to hydrolysis) is 1. The van der Waals surface area contributed by atoms with Gasteiger partial charge in [-0.2, -0.15) is 0 Å². The van der Waals surface area contributed by atoms with Crippen molar-refractivity contribution >= 4 is 23.4 Å². The van der Waals surface area contributed by atoms with Gasteiger partial charge in [0.2, 0.25) is 0 Å². The number of fused-ring (bicyclic) bond motifs is 2. The topological polar surface area (TPSA) is 77.5 Å². The molecule has 2 aliphatic rings. The van der Waals surface area contributed by atoms with E-state index >= 15 is 0 Å². The number of nitrogens with one attached hydrogen (secondary N) is 1. The second-order valence-corrected chi connectivity index (χ2v) is 8.98. The lowest BCUT2D eigenvalue weighted by molar-refractivity contribution is 0.0456. The van der Waals surface area contributed by atoms with Crippen molar-refractivity contribution in [3.63, 3.8) is 0 Å². The van der Waals surface area contributed by atoms with E-state index in [1.165, 1.54) is 11.3 Å². The Kier molecular flexibility index (Phi) is 4.56. The number of hydrogen-bond donors (Lipinski definition) is 1. The van der Waals surface area contributed by atoms with Gasteiger partial charge in [-0.3, -0.25) is 0 Å². The van der Waals surface area contributed by atoms with Crippen LogP contribution in [0, 0.1) is 0 Å². The van der Waals surface area contributed by atoms with Crippen molar-refractivity contribution in [3.05, 3.63) is 16.1 Å². The number of hydrogen-bond acceptors (Lipinski definition) is 6. The molecular formula is C18H26N2O4S. The molecule has 0 saturated heterocycles. The average molecular weight is 366 g/mol. The predicted molar refractivity (Wildman–Crippen MR) is 94.9 cm³/mol. The highest BCUT2D eigenvalue weighted by Gasteiger charge is 2.57. The van der Waals surface area contributed by atoms with Crippen molar-refractivity contribution in [2.45, 2.75) is 76.4 Å². The summed E-state index contributed by atoms with van der Waals surface area (Å²) >= 11 is 1.52. The fourth-order valence-corrected chi connectivity index (χ4v) is 5.05. The lowest BCUT2D eigenvalue weighted by atomic mass is 9.84. The largest absolute Gasteiger partial charge is 0.461 e. The lowest BCUT2D eigenvalue weighted by Crippen LogP contribution is -2.47. The minimum Gasteiger partial charge on any atom is -0.461 e. The fraction of sp³-hybridized carbons (Fsp3) is 0.722. The number of aromatic nitrogens is 1. The summed E-state index contributed by atoms with van der Waals surface area (Å²) < 4.78 is 10.5. The molecule has 1 N–H and O–H groups in total. The van der Waals surface area contributed by atoms with E-state index in [2.05, 4.69) is 10.3 Å². The zero-order chi connectivity index (χ0) is 18.3. The Balaban J connectivity index is 1.70. The Morgan fingerprint density at radius 1 is 1.28 bits per heavy atom. The number of carbonyl (C=O) groups is 2. The Labute approximate surface area is 152 Å². The number of amides is 1. The van der Waals surface area contributed by atoms with E-state index in [1.54, 1.807) is 12.3 Å². The van der Waals surface area contributed by atoms with Gasteiger partial charge in [0, 0.05) is 16.3 Å². The summed E-state index contributed by atoms with van der Waals surface area (Å²) in [6.45, 7) is 7.73. The highest BCUT2D eigenvalue weighted by Crippen LogP contribution is 2.58. The number of carbonyl (C=O) groups excluding carboxylic acids is 2. The molecule has 2 aliphatic carbocycles. The minimum atomic E-state index is -0.501. The normalized spacial score (nSPS) is 28.0. The van der Waals surface area contributed by atoms with Gasteiger partial charge in [0.1, 0.15) is 5.60 Å². The molecule has 25 heavy (non-hydrogen) atoms. The van der Waals surface area contributed by atoms with E-state index in [1.807, 2.05) is 20.8 Å². The molecule has 7 heteroatoms. The summed E-state index contributed by atoms with van der Waals surface area (Å²) in [5.41, 5.74) is -0.359. The molecular weight excluding hydrogens is 340 g/mol. The van der Waals surface area contributed by atoms with Gasteiger partial charge in [-0.05, 0) is 59.8 Å². The van der Waals surface area contributed by atoms with Gasteiger partial charge in [0.25, 0.3) is 0 Å². The molecule has 6 nitrogen and oxygen atoms in total. The van der Waals surface area contributed by atoms with Crippen molar-refractivity contribution < 1.29 is 19.1 Å². The van der Waals surface area contributed by atoms with Gasteiger partial charge in [0.05, 0.1) is 11.6 Å². The second kappa shape index (κ2) is 6.27. The molecule has 2 bridgehead atoms. The maximum absolute atomic E-state index is 12.2. The van der Waals surface area contributed by atoms with Crippen LogP contribution in [0.1, 0.15) is 75.3 Å². The van der Waals surface area contributed by atoms with Crippen LogP contribution < -0.4 is 5.32 Å². The van der Waals surface area contributed by atoms with Crippen LogP contribution in [-0.4, -0.2) is 34.8 Å². The molecule has 0 aliphatic heterocycles. The van der Waals surface area contributed by atoms with Gasteiger partial charge in [-0.25, -0.2) is 14.6 Å². The van der Waals surface area contributed by atoms with E-state index in [0.29, 0.717) is 12.3 Å². The number of nitrogens with zero attached hydrogens (tertiary/aromatic N) is 1. The molecule has 1 heterocycles. The molecule has 2 fully saturated rings. The van der Waals surface area contributed by atoms with Gasteiger partial charge in [-0.1, -0.05) is 0 Å². The van der Waals surface area contributed by atoms with Crippen LogP contribution in [0.15, 0.2) is 5.38 Å². The first-order valence-electron chi connectivity index (χ1n) is 8.81. The molecule has 1 aromatic rings. The lowest BCUT2D eigenvalue weighted by Gasteiger charge is -2.29. The monoisotopic (exact) mass is 366 g/mol. The van der Waals surface area contributed by atoms with Gasteiger partial charge < -0.3 is 14.8 Å². The molecule has 0 radical (unpaired) electrons. The first-order valence-corrected chi connectivity index (χ1v) is 9.69. The van der Waals surface area contributed by atoms with Crippen LogP contribution in [0.2, 0.25) is 0 Å². The van der Waals surface area contributed by atoms with E-state index in [-0.39, 0.29) is 23.0 Å². The second-order valence-electron chi connectivity index (χ2n) is 8.12. The summed E-state index contributed by atoms with van der Waals surface area (Å²) in [5, 5.41) is 5.88. The first kappa shape index (κ1) is 18.2. The van der Waals surface area contributed by atoms with E-state index in [4.69, 9.17) is 9.47 Å². The Hall–Kier alpha value is -1.63. The molecule has 1 amide bonds. The number of thiazole rings is 1. The number of ether oxygens (including phenoxy) is 2. The zero-order valence-corrected chi connectivity index (χ0v) is 16.1. The maximum Gasteiger partial charge on any atom is 0.408 e. The van der Waals surface area contributed by atoms with Crippen molar-refractivity contribution in [2.24, 2.45) is 0 Å². The van der Waals surface area contributed by atoms with Gasteiger partial charge in [-0.15, -0.1) is 11.3 Å². The van der Waals surface area contributed by atoms with Crippen LogP contribution >= 0.6 is 11.3 Å². The molecule has 0 spiro atoms. The third kappa shape index (κ3) is 3.66. The summed E-state index contributed by atoms with van der Waals surface area (Å²) in [6.07, 6.45) is 4.28. The van der Waals surface area contributed by atoms with Crippen LogP contribution in [-0.2, 0) is 14.9 Å². The molecule has 2 saturated carbocycles. The average Bonchev–Trinajstić information content (AvgIpc) is 3.18. The smallest absolute Gasteiger partial charge is 0.408 e. The van der Waals surface area contributed by atoms with Crippen molar-refractivity contribution in [1.82, 2.24) is 10.3 Å². The van der Waals surface area contributed by atoms with Gasteiger partial charge >= 0.3 is 12.1 Å². The first-order chi connectivity index (χ1) is 11.7. The quantitative estimate of drug-likeness (QED) is 0.820. The number of esters is 1. The Morgan fingerprint density at radius 3 is 2.56 bits per heavy atom. The molecule has 1 aromatic heterocycles. The predicted octanol–water partition coefficient (Wildman–Crippen LogP) is 3.80. The Bertz CT molecular complexity index is 669. The standard InChI is InChI=1S/C18H26N2O4S/c1-5-23-13(21)12-10-25-14(19-12)17-6-8-18(11-17,9-7-17)20-15(22)24-16(2,3)4/h10H,5-9,11H2,1-4H3,(H,20,22). The summed E-state index contributed by atoms with van der Waals surface area (Å²) in [6, 6.07) is 0. The van der Waals surface area contributed by atoms with Gasteiger partial charge in [0.15, 0.2) is 5.69 Å². The zero-order valence-electron chi connectivity index (χ0n) is 15.3. The van der Waals surface area contributed by atoms with Crippen LogP contribution in [0.4, 0.5) is 4.79 Å². The SMILES string of the molecule is CCOC(=O)c1csc(C23CCC(NC(=O)OC(C)(C)C)(CC2)C3)n1. The summed E-state index contributed by atoms with van der Waals surface area (Å²) in [7, 11) is 0. The molecule has 0 atom stereocenters. The third-order valence-electron chi connectivity index (χ3n) is 5.05. The number of rotatable bonds is 4.